The number of nitrogens with one attached hydrogen (secondary N) is 4. The topological polar surface area (TPSA) is 259 Å². The van der Waals surface area contributed by atoms with Gasteiger partial charge in [0.15, 0.2) is 10.8 Å². The van der Waals surface area contributed by atoms with Crippen LogP contribution in [0.2, 0.25) is 0 Å². The molecule has 17 nitrogen and oxygen atoms in total. The number of hydrogen-bond donors (Lipinski definition) is 7. The molecule has 0 bridgehead atoms. The lowest BCUT2D eigenvalue weighted by Gasteiger charge is -2.42. The molecule has 2 saturated heterocycles. The first kappa shape index (κ1) is 31.6. The normalized spacial score (nSPS) is 21.1. The van der Waals surface area contributed by atoms with Crippen LogP contribution in [0.4, 0.5) is 5.13 Å². The summed E-state index contributed by atoms with van der Waals surface area (Å²) in [4.78, 5) is 46.9. The van der Waals surface area contributed by atoms with E-state index in [2.05, 4.69) is 26.1 Å². The molecular weight excluding hydrogens is 608 g/mol. The highest BCUT2D eigenvalue weighted by Gasteiger charge is 2.51. The minimum absolute atomic E-state index is 0.0452. The van der Waals surface area contributed by atoms with Gasteiger partial charge in [-0.1, -0.05) is 5.16 Å². The summed E-state index contributed by atoms with van der Waals surface area (Å²) in [5.41, 5.74) is 5.79. The minimum atomic E-state index is -4.83. The first-order valence-corrected chi connectivity index (χ1v) is 15.1. The van der Waals surface area contributed by atoms with Crippen molar-refractivity contribution in [1.29, 1.82) is 5.41 Å². The Balaban J connectivity index is 1.44. The lowest BCUT2D eigenvalue weighted by molar-refractivity contribution is -0.152. The van der Waals surface area contributed by atoms with Crippen LogP contribution in [0, 0.1) is 12.3 Å². The highest BCUT2D eigenvalue weighted by molar-refractivity contribution is 7.84. The average molecular weight is 639 g/mol. The molecule has 0 radical (unpaired) electrons. The molecule has 0 spiro atoms. The lowest BCUT2D eigenvalue weighted by Crippen LogP contribution is -2.71. The third-order valence-corrected chi connectivity index (χ3v) is 8.43. The second-order valence-corrected chi connectivity index (χ2v) is 12.2. The number of carboxylic acids is 1. The molecule has 1 aromatic heterocycles. The van der Waals surface area contributed by atoms with Gasteiger partial charge in [-0.25, -0.2) is 14.1 Å². The summed E-state index contributed by atoms with van der Waals surface area (Å²) >= 11 is 1.02. The molecule has 4 rings (SSSR count). The van der Waals surface area contributed by atoms with Gasteiger partial charge in [-0.2, -0.15) is 8.42 Å². The van der Waals surface area contributed by atoms with Crippen molar-refractivity contribution in [2.75, 3.05) is 25.4 Å². The molecular formula is C24H30N8O9S2. The van der Waals surface area contributed by atoms with Crippen molar-refractivity contribution in [1.82, 2.24) is 25.2 Å². The van der Waals surface area contributed by atoms with E-state index in [1.54, 1.807) is 31.2 Å². The van der Waals surface area contributed by atoms with Gasteiger partial charge in [0.2, 0.25) is 0 Å². The van der Waals surface area contributed by atoms with Gasteiger partial charge in [0.25, 0.3) is 17.9 Å². The van der Waals surface area contributed by atoms with Gasteiger partial charge >= 0.3 is 16.3 Å². The molecule has 2 fully saturated rings. The van der Waals surface area contributed by atoms with E-state index >= 15 is 0 Å². The zero-order valence-electron chi connectivity index (χ0n) is 22.9. The van der Waals surface area contributed by atoms with Crippen LogP contribution in [0.5, 0.6) is 5.75 Å². The maximum Gasteiger partial charge on any atom is 0.362 e. The zero-order chi connectivity index (χ0) is 31.5. The maximum atomic E-state index is 13.1. The van der Waals surface area contributed by atoms with Crippen LogP contribution in [0.3, 0.4) is 0 Å². The van der Waals surface area contributed by atoms with Gasteiger partial charge in [0.1, 0.15) is 29.9 Å². The Kier molecular flexibility index (Phi) is 9.48. The Morgan fingerprint density at radius 3 is 2.56 bits per heavy atom. The van der Waals surface area contributed by atoms with Crippen molar-refractivity contribution in [3.63, 3.8) is 0 Å². The first-order chi connectivity index (χ1) is 20.3. The molecule has 0 saturated carbocycles. The number of amides is 2. The van der Waals surface area contributed by atoms with E-state index in [0.717, 1.165) is 30.8 Å². The first-order valence-electron chi connectivity index (χ1n) is 12.9. The fourth-order valence-corrected chi connectivity index (χ4v) is 5.93. The lowest BCUT2D eigenvalue weighted by atomic mass is 10.0. The maximum absolute atomic E-state index is 13.1. The SMILES string of the molecule is Cc1sc(N)nc1/C(=N/O[C@@H](COc1ccc(C(=N)N[C@H]2CCNC2)cc1)C(=O)O)C(=O)N[C@@H]1C(=O)N(S(=O)(=O)O)[C@H]1C. The number of carbonyl (C=O) groups is 3. The van der Waals surface area contributed by atoms with Crippen molar-refractivity contribution < 1.29 is 42.0 Å². The number of nitrogens with two attached hydrogens (primary N) is 1. The van der Waals surface area contributed by atoms with Crippen molar-refractivity contribution in [2.24, 2.45) is 5.16 Å². The number of aromatic nitrogens is 1. The van der Waals surface area contributed by atoms with E-state index in [1.165, 1.54) is 6.92 Å². The number of rotatable bonds is 12. The van der Waals surface area contributed by atoms with Crippen molar-refractivity contribution in [3.05, 3.63) is 40.4 Å². The Hall–Kier alpha value is -4.33. The average Bonchev–Trinajstić information content (AvgIpc) is 3.57. The van der Waals surface area contributed by atoms with Crippen molar-refractivity contribution in [2.45, 2.75) is 44.5 Å². The van der Waals surface area contributed by atoms with E-state index in [4.69, 9.17) is 20.7 Å². The molecule has 0 unspecified atom stereocenters. The highest BCUT2D eigenvalue weighted by Crippen LogP contribution is 2.24. The van der Waals surface area contributed by atoms with Crippen LogP contribution in [-0.4, -0.2) is 101 Å². The summed E-state index contributed by atoms with van der Waals surface area (Å²) in [6.07, 6.45) is -0.779. The van der Waals surface area contributed by atoms with Crippen molar-refractivity contribution >= 4 is 56.1 Å². The summed E-state index contributed by atoms with van der Waals surface area (Å²) in [6, 6.07) is 4.14. The number of nitrogen functional groups attached to an aromatic ring is 1. The quantitative estimate of drug-likeness (QED) is 0.0488. The summed E-state index contributed by atoms with van der Waals surface area (Å²) < 4.78 is 37.7. The number of amidine groups is 1. The van der Waals surface area contributed by atoms with Crippen molar-refractivity contribution in [3.8, 4) is 5.75 Å². The van der Waals surface area contributed by atoms with Gasteiger partial charge in [-0.3, -0.25) is 19.6 Å². The van der Waals surface area contributed by atoms with E-state index in [0.29, 0.717) is 16.2 Å². The highest BCUT2D eigenvalue weighted by atomic mass is 32.2. The van der Waals surface area contributed by atoms with E-state index in [-0.39, 0.29) is 27.0 Å². The molecule has 0 aliphatic carbocycles. The Bertz CT molecular complexity index is 1540. The number of aryl methyl sites for hydroxylation is 1. The second kappa shape index (κ2) is 12.9. The standard InChI is InChI=1S/C24H30N8O9S2/c1-11-17(22(34)32(11)43(37,38)39)29-21(33)19(18-12(2)42-24(26)30-18)31-41-16(23(35)36)10-40-15-5-3-13(4-6-15)20(25)28-14-7-8-27-9-14/h3-6,11,14,16-17,27H,7-10H2,1-2H3,(H2,25,28)(H2,26,30)(H,29,33)(H,35,36)(H,37,38,39)/b31-19-/t11-,14-,16-,17-/m0/s1. The Morgan fingerprint density at radius 1 is 1.33 bits per heavy atom. The monoisotopic (exact) mass is 638 g/mol. The molecule has 19 heteroatoms. The fraction of sp³-hybridized carbons (Fsp3) is 0.417. The van der Waals surface area contributed by atoms with E-state index in [1.807, 2.05) is 0 Å². The molecule has 2 aromatic rings. The zero-order valence-corrected chi connectivity index (χ0v) is 24.6. The molecule has 43 heavy (non-hydrogen) atoms. The Morgan fingerprint density at radius 2 is 2.02 bits per heavy atom. The number of anilines is 1. The van der Waals surface area contributed by atoms with Crippen LogP contribution in [0.1, 0.15) is 29.5 Å². The predicted octanol–water partition coefficient (Wildman–Crippen LogP) is -0.918. The number of nitrogens with zero attached hydrogens (tertiary/aromatic N) is 3. The van der Waals surface area contributed by atoms with Crippen LogP contribution >= 0.6 is 11.3 Å². The minimum Gasteiger partial charge on any atom is -0.489 e. The summed E-state index contributed by atoms with van der Waals surface area (Å²) in [7, 11) is -4.83. The van der Waals surface area contributed by atoms with Gasteiger partial charge in [-0.05, 0) is 51.1 Å². The second-order valence-electron chi connectivity index (χ2n) is 9.68. The van der Waals surface area contributed by atoms with E-state index in [9.17, 15) is 32.5 Å². The van der Waals surface area contributed by atoms with Gasteiger partial charge < -0.3 is 36.4 Å². The number of benzene rings is 1. The number of oxime groups is 1. The molecule has 2 aliphatic heterocycles. The Labute approximate surface area is 249 Å². The van der Waals surface area contributed by atoms with Crippen LogP contribution in [0.15, 0.2) is 29.4 Å². The summed E-state index contributed by atoms with van der Waals surface area (Å²) in [5.74, 6) is -3.04. The van der Waals surface area contributed by atoms with Crippen LogP contribution in [0.25, 0.3) is 0 Å². The molecule has 2 aliphatic rings. The number of ether oxygens (including phenoxy) is 1. The van der Waals surface area contributed by atoms with Gasteiger partial charge in [0.05, 0.1) is 6.04 Å². The summed E-state index contributed by atoms with van der Waals surface area (Å²) in [6.45, 7) is 4.00. The molecule has 8 N–H and O–H groups in total. The van der Waals surface area contributed by atoms with Crippen LogP contribution in [-0.2, 0) is 29.5 Å². The molecule has 3 heterocycles. The van der Waals surface area contributed by atoms with Crippen LogP contribution < -0.4 is 26.4 Å². The number of thiazole rings is 1. The molecule has 1 aromatic carbocycles. The summed E-state index contributed by atoms with van der Waals surface area (Å²) in [5, 5.41) is 30.3. The number of carbonyl (C=O) groups excluding carboxylic acids is 2. The number of hydrogen-bond acceptors (Lipinski definition) is 13. The number of β-lactam (4-membered cyclic amide) rings is 1. The molecule has 4 atom stereocenters. The number of aliphatic carboxylic acids is 1. The molecule has 232 valence electrons. The smallest absolute Gasteiger partial charge is 0.362 e. The molecule has 2 amide bonds. The third-order valence-electron chi connectivity index (χ3n) is 6.62. The van der Waals surface area contributed by atoms with Gasteiger partial charge in [-0.15, -0.1) is 11.3 Å². The largest absolute Gasteiger partial charge is 0.489 e. The number of carboxylic acid groups (broad SMARTS) is 1. The fourth-order valence-electron chi connectivity index (χ4n) is 4.36. The van der Waals surface area contributed by atoms with Gasteiger partial charge in [0, 0.05) is 23.0 Å². The third kappa shape index (κ3) is 7.37. The predicted molar refractivity (Wildman–Crippen MR) is 153 cm³/mol. The van der Waals surface area contributed by atoms with E-state index < -0.39 is 58.6 Å².